The van der Waals surface area contributed by atoms with Crippen LogP contribution in [0, 0.1) is 10.8 Å². The van der Waals surface area contributed by atoms with Crippen molar-refractivity contribution >= 4 is 33.5 Å². The van der Waals surface area contributed by atoms with Gasteiger partial charge in [-0.3, -0.25) is 9.59 Å². The van der Waals surface area contributed by atoms with Gasteiger partial charge >= 0.3 is 11.9 Å². The van der Waals surface area contributed by atoms with Crippen LogP contribution in [0.2, 0.25) is 0 Å². The van der Waals surface area contributed by atoms with E-state index >= 15 is 0 Å². The molecular weight excluding hydrogens is 392 g/mol. The Bertz CT molecular complexity index is 475. The SMILES string of the molecule is C=CCC(CC=C)(COC(C)=O)CSSCC(CC=C)(CC=C)COC(C)=O. The quantitative estimate of drug-likeness (QED) is 0.127. The van der Waals surface area contributed by atoms with Gasteiger partial charge in [-0.25, -0.2) is 0 Å². The lowest BCUT2D eigenvalue weighted by Crippen LogP contribution is -2.31. The molecule has 0 radical (unpaired) electrons. The molecular formula is C22H34O4S2. The van der Waals surface area contributed by atoms with Crippen LogP contribution in [0.15, 0.2) is 50.6 Å². The predicted octanol–water partition coefficient (Wildman–Crippen LogP) is 5.77. The van der Waals surface area contributed by atoms with Gasteiger partial charge in [0.25, 0.3) is 0 Å². The maximum atomic E-state index is 11.3. The van der Waals surface area contributed by atoms with Crippen molar-refractivity contribution in [2.24, 2.45) is 10.8 Å². The summed E-state index contributed by atoms with van der Waals surface area (Å²) in [4.78, 5) is 22.6. The minimum Gasteiger partial charge on any atom is -0.465 e. The topological polar surface area (TPSA) is 52.6 Å². The van der Waals surface area contributed by atoms with E-state index in [0.29, 0.717) is 13.2 Å². The summed E-state index contributed by atoms with van der Waals surface area (Å²) < 4.78 is 10.6. The first-order chi connectivity index (χ1) is 13.3. The number of hydrogen-bond acceptors (Lipinski definition) is 6. The van der Waals surface area contributed by atoms with Gasteiger partial charge in [-0.05, 0) is 25.7 Å². The van der Waals surface area contributed by atoms with Gasteiger partial charge in [0.2, 0.25) is 0 Å². The van der Waals surface area contributed by atoms with Crippen LogP contribution in [0.3, 0.4) is 0 Å². The molecule has 0 aromatic heterocycles. The predicted molar refractivity (Wildman–Crippen MR) is 122 cm³/mol. The number of carbonyl (C=O) groups is 2. The molecule has 0 aromatic carbocycles. The van der Waals surface area contributed by atoms with Gasteiger partial charge in [0.05, 0.1) is 13.2 Å². The highest BCUT2D eigenvalue weighted by Crippen LogP contribution is 2.41. The minimum absolute atomic E-state index is 0.220. The fourth-order valence-corrected chi connectivity index (χ4v) is 6.09. The molecule has 0 aliphatic carbocycles. The first kappa shape index (κ1) is 26.6. The lowest BCUT2D eigenvalue weighted by atomic mass is 9.84. The number of carbonyl (C=O) groups excluding carboxylic acids is 2. The van der Waals surface area contributed by atoms with E-state index in [1.54, 1.807) is 21.6 Å². The average Bonchev–Trinajstić information content (AvgIpc) is 2.63. The minimum atomic E-state index is -0.285. The average molecular weight is 427 g/mol. The van der Waals surface area contributed by atoms with E-state index in [1.165, 1.54) is 13.8 Å². The van der Waals surface area contributed by atoms with E-state index in [0.717, 1.165) is 37.2 Å². The Morgan fingerprint density at radius 3 is 1.21 bits per heavy atom. The lowest BCUT2D eigenvalue weighted by Gasteiger charge is -2.33. The molecule has 0 aliphatic rings. The molecule has 0 unspecified atom stereocenters. The summed E-state index contributed by atoms with van der Waals surface area (Å²) in [6.45, 7) is 18.9. The number of rotatable bonds is 17. The highest BCUT2D eigenvalue weighted by atomic mass is 33.1. The third-order valence-corrected chi connectivity index (χ3v) is 7.12. The number of ether oxygens (including phenoxy) is 2. The van der Waals surface area contributed by atoms with Crippen molar-refractivity contribution in [3.63, 3.8) is 0 Å². The normalized spacial score (nSPS) is 11.4. The Morgan fingerprint density at radius 2 is 1.00 bits per heavy atom. The first-order valence-electron chi connectivity index (χ1n) is 9.23. The maximum absolute atomic E-state index is 11.3. The second kappa shape index (κ2) is 14.6. The van der Waals surface area contributed by atoms with E-state index < -0.39 is 0 Å². The van der Waals surface area contributed by atoms with Gasteiger partial charge in [-0.2, -0.15) is 0 Å². The molecule has 6 heteroatoms. The van der Waals surface area contributed by atoms with E-state index in [4.69, 9.17) is 9.47 Å². The van der Waals surface area contributed by atoms with Crippen LogP contribution in [0.5, 0.6) is 0 Å². The van der Waals surface area contributed by atoms with Crippen LogP contribution in [-0.2, 0) is 19.1 Å². The fourth-order valence-electron chi connectivity index (χ4n) is 2.79. The molecule has 0 aromatic rings. The molecule has 0 N–H and O–H groups in total. The Labute approximate surface area is 178 Å². The zero-order valence-corrected chi connectivity index (χ0v) is 18.9. The van der Waals surface area contributed by atoms with E-state index in [9.17, 15) is 9.59 Å². The van der Waals surface area contributed by atoms with E-state index in [1.807, 2.05) is 24.3 Å². The van der Waals surface area contributed by atoms with Crippen molar-refractivity contribution in [3.05, 3.63) is 50.6 Å². The van der Waals surface area contributed by atoms with Crippen LogP contribution in [0.1, 0.15) is 39.5 Å². The highest BCUT2D eigenvalue weighted by molar-refractivity contribution is 8.76. The van der Waals surface area contributed by atoms with Gasteiger partial charge in [-0.15, -0.1) is 26.3 Å². The summed E-state index contributed by atoms with van der Waals surface area (Å²) in [6.07, 6.45) is 10.4. The molecule has 0 spiro atoms. The zero-order chi connectivity index (χ0) is 21.5. The van der Waals surface area contributed by atoms with Gasteiger partial charge in [0.15, 0.2) is 0 Å². The molecule has 0 fully saturated rings. The fraction of sp³-hybridized carbons (Fsp3) is 0.545. The molecule has 158 valence electrons. The number of esters is 2. The highest BCUT2D eigenvalue weighted by Gasteiger charge is 2.32. The number of allylic oxidation sites excluding steroid dienone is 4. The molecule has 0 rings (SSSR count). The molecule has 0 amide bonds. The first-order valence-corrected chi connectivity index (χ1v) is 11.7. The summed E-state index contributed by atoms with van der Waals surface area (Å²) in [5, 5.41) is 0. The molecule has 0 aliphatic heterocycles. The van der Waals surface area contributed by atoms with Crippen molar-refractivity contribution in [1.82, 2.24) is 0 Å². The summed E-state index contributed by atoms with van der Waals surface area (Å²) in [5.74, 6) is 1.00. The lowest BCUT2D eigenvalue weighted by molar-refractivity contribution is -0.145. The summed E-state index contributed by atoms with van der Waals surface area (Å²) in [6, 6.07) is 0. The third kappa shape index (κ3) is 10.8. The molecule has 0 bridgehead atoms. The molecule has 4 nitrogen and oxygen atoms in total. The standard InChI is InChI=1S/C22H34O4S2/c1-7-11-21(12-8-2,15-25-19(5)23)17-27-28-18-22(13-9-3,14-10-4)16-26-20(6)24/h7-10H,1-4,11-18H2,5-6H3. The smallest absolute Gasteiger partial charge is 0.302 e. The monoisotopic (exact) mass is 426 g/mol. The van der Waals surface area contributed by atoms with Gasteiger partial charge in [-0.1, -0.05) is 45.9 Å². The number of hydrogen-bond donors (Lipinski definition) is 0. The van der Waals surface area contributed by atoms with E-state index in [2.05, 4.69) is 26.3 Å². The largest absolute Gasteiger partial charge is 0.465 e. The molecule has 0 saturated heterocycles. The van der Waals surface area contributed by atoms with Crippen molar-refractivity contribution in [2.75, 3.05) is 24.7 Å². The summed E-state index contributed by atoms with van der Waals surface area (Å²) in [5.41, 5.74) is -0.440. The van der Waals surface area contributed by atoms with Crippen molar-refractivity contribution < 1.29 is 19.1 Å². The van der Waals surface area contributed by atoms with Crippen LogP contribution in [-0.4, -0.2) is 36.7 Å². The van der Waals surface area contributed by atoms with Gasteiger partial charge in [0, 0.05) is 36.2 Å². The van der Waals surface area contributed by atoms with Crippen molar-refractivity contribution in [2.45, 2.75) is 39.5 Å². The van der Waals surface area contributed by atoms with Crippen LogP contribution >= 0.6 is 21.6 Å². The Balaban J connectivity index is 5.03. The van der Waals surface area contributed by atoms with Crippen LogP contribution < -0.4 is 0 Å². The molecule has 28 heavy (non-hydrogen) atoms. The van der Waals surface area contributed by atoms with Crippen LogP contribution in [0.4, 0.5) is 0 Å². The molecule has 0 atom stereocenters. The maximum Gasteiger partial charge on any atom is 0.302 e. The molecule has 0 saturated carbocycles. The third-order valence-electron chi connectivity index (χ3n) is 4.29. The van der Waals surface area contributed by atoms with E-state index in [-0.39, 0.29) is 22.8 Å². The van der Waals surface area contributed by atoms with Crippen molar-refractivity contribution in [1.29, 1.82) is 0 Å². The summed E-state index contributed by atoms with van der Waals surface area (Å²) in [7, 11) is 3.45. The second-order valence-electron chi connectivity index (χ2n) is 7.06. The van der Waals surface area contributed by atoms with Gasteiger partial charge < -0.3 is 9.47 Å². The second-order valence-corrected chi connectivity index (χ2v) is 9.52. The molecule has 0 heterocycles. The van der Waals surface area contributed by atoms with Crippen LogP contribution in [0.25, 0.3) is 0 Å². The summed E-state index contributed by atoms with van der Waals surface area (Å²) >= 11 is 0. The van der Waals surface area contributed by atoms with Gasteiger partial charge in [0.1, 0.15) is 0 Å². The Hall–Kier alpha value is -1.40. The Morgan fingerprint density at radius 1 is 0.714 bits per heavy atom. The zero-order valence-electron chi connectivity index (χ0n) is 17.2. The van der Waals surface area contributed by atoms with Crippen molar-refractivity contribution in [3.8, 4) is 0 Å². The Kier molecular flexibility index (Phi) is 13.8.